The Labute approximate surface area is 151 Å². The molecule has 0 aliphatic carbocycles. The maximum absolute atomic E-state index is 12.3. The Morgan fingerprint density at radius 3 is 2.54 bits per heavy atom. The molecular formula is C19H19NO5S. The van der Waals surface area contributed by atoms with Crippen LogP contribution in [0.3, 0.4) is 0 Å². The van der Waals surface area contributed by atoms with E-state index in [2.05, 4.69) is 5.32 Å². The number of amides is 1. The number of anilines is 1. The third-order valence-corrected chi connectivity index (χ3v) is 5.84. The van der Waals surface area contributed by atoms with E-state index in [1.807, 2.05) is 12.1 Å². The first-order valence-electron chi connectivity index (χ1n) is 8.09. The van der Waals surface area contributed by atoms with Crippen molar-refractivity contribution >= 4 is 32.4 Å². The van der Waals surface area contributed by atoms with E-state index in [-0.39, 0.29) is 23.0 Å². The number of rotatable bonds is 6. The van der Waals surface area contributed by atoms with Crippen LogP contribution in [0.5, 0.6) is 5.75 Å². The Morgan fingerprint density at radius 1 is 1.15 bits per heavy atom. The third-order valence-electron chi connectivity index (χ3n) is 4.09. The van der Waals surface area contributed by atoms with Gasteiger partial charge >= 0.3 is 0 Å². The molecule has 0 bridgehead atoms. The molecule has 7 heteroatoms. The van der Waals surface area contributed by atoms with Gasteiger partial charge < -0.3 is 14.5 Å². The fraction of sp³-hybridized carbons (Fsp3) is 0.211. The van der Waals surface area contributed by atoms with Crippen molar-refractivity contribution in [3.8, 4) is 5.75 Å². The van der Waals surface area contributed by atoms with E-state index in [1.165, 1.54) is 12.1 Å². The standard InChI is InChI=1S/C19H19NO5S/c1-3-26(22,23)16-7-4-14(5-8-16)20-19(21)10-13-12-25-18-11-15(24-2)6-9-17(13)18/h4-9,11-12H,3,10H2,1-2H3,(H,20,21). The minimum Gasteiger partial charge on any atom is -0.497 e. The molecule has 3 aromatic rings. The van der Waals surface area contributed by atoms with E-state index in [1.54, 1.807) is 38.5 Å². The van der Waals surface area contributed by atoms with Gasteiger partial charge in [-0.25, -0.2) is 8.42 Å². The number of ether oxygens (including phenoxy) is 1. The summed E-state index contributed by atoms with van der Waals surface area (Å²) in [6.45, 7) is 1.59. The highest BCUT2D eigenvalue weighted by Gasteiger charge is 2.13. The number of benzene rings is 2. The van der Waals surface area contributed by atoms with E-state index >= 15 is 0 Å². The lowest BCUT2D eigenvalue weighted by Gasteiger charge is -2.06. The Bertz CT molecular complexity index is 1040. The number of fused-ring (bicyclic) bond motifs is 1. The van der Waals surface area contributed by atoms with Gasteiger partial charge in [-0.05, 0) is 36.4 Å². The maximum atomic E-state index is 12.3. The average molecular weight is 373 g/mol. The van der Waals surface area contributed by atoms with Crippen LogP contribution in [-0.4, -0.2) is 27.2 Å². The zero-order chi connectivity index (χ0) is 18.7. The number of hydrogen-bond donors (Lipinski definition) is 1. The molecular weight excluding hydrogens is 354 g/mol. The van der Waals surface area contributed by atoms with E-state index in [4.69, 9.17) is 9.15 Å². The third kappa shape index (κ3) is 3.72. The van der Waals surface area contributed by atoms with Gasteiger partial charge in [0.05, 0.1) is 30.4 Å². The number of furan rings is 1. The van der Waals surface area contributed by atoms with Crippen molar-refractivity contribution in [2.75, 3.05) is 18.2 Å². The Balaban J connectivity index is 1.71. The van der Waals surface area contributed by atoms with Crippen molar-refractivity contribution in [3.05, 3.63) is 54.3 Å². The normalized spacial score (nSPS) is 11.5. The zero-order valence-corrected chi connectivity index (χ0v) is 15.3. The van der Waals surface area contributed by atoms with Gasteiger partial charge in [-0.15, -0.1) is 0 Å². The van der Waals surface area contributed by atoms with Crippen LogP contribution in [-0.2, 0) is 21.1 Å². The largest absolute Gasteiger partial charge is 0.497 e. The summed E-state index contributed by atoms with van der Waals surface area (Å²) in [5, 5.41) is 3.62. The summed E-state index contributed by atoms with van der Waals surface area (Å²) in [6, 6.07) is 11.6. The lowest BCUT2D eigenvalue weighted by Crippen LogP contribution is -2.14. The molecule has 0 spiro atoms. The predicted octanol–water partition coefficient (Wildman–Crippen LogP) is 3.42. The van der Waals surface area contributed by atoms with Gasteiger partial charge in [0, 0.05) is 22.7 Å². The molecule has 0 aliphatic rings. The van der Waals surface area contributed by atoms with Crippen molar-refractivity contribution < 1.29 is 22.4 Å². The molecule has 26 heavy (non-hydrogen) atoms. The lowest BCUT2D eigenvalue weighted by molar-refractivity contribution is -0.115. The summed E-state index contributed by atoms with van der Waals surface area (Å²) in [5.41, 5.74) is 1.96. The number of sulfone groups is 1. The second-order valence-corrected chi connectivity index (χ2v) is 8.05. The fourth-order valence-corrected chi connectivity index (χ4v) is 3.50. The zero-order valence-electron chi connectivity index (χ0n) is 14.5. The van der Waals surface area contributed by atoms with Crippen LogP contribution in [0.2, 0.25) is 0 Å². The summed E-state index contributed by atoms with van der Waals surface area (Å²) in [6.07, 6.45) is 1.70. The highest BCUT2D eigenvalue weighted by molar-refractivity contribution is 7.91. The highest BCUT2D eigenvalue weighted by Crippen LogP contribution is 2.26. The number of hydrogen-bond acceptors (Lipinski definition) is 5. The van der Waals surface area contributed by atoms with E-state index in [0.29, 0.717) is 17.0 Å². The molecule has 0 saturated carbocycles. The van der Waals surface area contributed by atoms with Crippen molar-refractivity contribution in [3.63, 3.8) is 0 Å². The van der Waals surface area contributed by atoms with Crippen LogP contribution in [0.25, 0.3) is 11.0 Å². The molecule has 1 heterocycles. The number of methoxy groups -OCH3 is 1. The lowest BCUT2D eigenvalue weighted by atomic mass is 10.1. The Kier molecular flexibility index (Phi) is 4.99. The summed E-state index contributed by atoms with van der Waals surface area (Å²) in [4.78, 5) is 12.5. The minimum atomic E-state index is -3.25. The molecule has 1 amide bonds. The molecule has 0 atom stereocenters. The van der Waals surface area contributed by atoms with Crippen molar-refractivity contribution in [1.29, 1.82) is 0 Å². The minimum absolute atomic E-state index is 0.0387. The first kappa shape index (κ1) is 18.0. The Hall–Kier alpha value is -2.80. The summed E-state index contributed by atoms with van der Waals surface area (Å²) < 4.78 is 34.3. The van der Waals surface area contributed by atoms with Gasteiger partial charge in [0.25, 0.3) is 0 Å². The summed E-state index contributed by atoms with van der Waals surface area (Å²) >= 11 is 0. The van der Waals surface area contributed by atoms with Crippen LogP contribution in [0.4, 0.5) is 5.69 Å². The molecule has 0 saturated heterocycles. The van der Waals surface area contributed by atoms with Crippen molar-refractivity contribution in [2.45, 2.75) is 18.2 Å². The molecule has 6 nitrogen and oxygen atoms in total. The van der Waals surface area contributed by atoms with E-state index in [0.717, 1.165) is 10.9 Å². The smallest absolute Gasteiger partial charge is 0.228 e. The van der Waals surface area contributed by atoms with Gasteiger partial charge in [-0.1, -0.05) is 6.92 Å². The van der Waals surface area contributed by atoms with Crippen LogP contribution >= 0.6 is 0 Å². The molecule has 3 rings (SSSR count). The quantitative estimate of drug-likeness (QED) is 0.716. The van der Waals surface area contributed by atoms with Gasteiger partial charge in [0.15, 0.2) is 9.84 Å². The van der Waals surface area contributed by atoms with Crippen LogP contribution < -0.4 is 10.1 Å². The van der Waals surface area contributed by atoms with Gasteiger partial charge in [0.2, 0.25) is 5.91 Å². The van der Waals surface area contributed by atoms with Crippen molar-refractivity contribution in [2.24, 2.45) is 0 Å². The van der Waals surface area contributed by atoms with E-state index < -0.39 is 9.84 Å². The summed E-state index contributed by atoms with van der Waals surface area (Å²) in [5.74, 6) is 0.511. The average Bonchev–Trinajstić information content (AvgIpc) is 3.04. The van der Waals surface area contributed by atoms with Crippen LogP contribution in [0.15, 0.2) is 58.0 Å². The van der Waals surface area contributed by atoms with Crippen LogP contribution in [0, 0.1) is 0 Å². The monoisotopic (exact) mass is 373 g/mol. The Morgan fingerprint density at radius 2 is 1.88 bits per heavy atom. The first-order chi connectivity index (χ1) is 12.4. The first-order valence-corrected chi connectivity index (χ1v) is 9.75. The predicted molar refractivity (Wildman–Crippen MR) is 99.3 cm³/mol. The number of carbonyl (C=O) groups excluding carboxylic acids is 1. The SMILES string of the molecule is CCS(=O)(=O)c1ccc(NC(=O)Cc2coc3cc(OC)ccc23)cc1. The molecule has 136 valence electrons. The fourth-order valence-electron chi connectivity index (χ4n) is 2.62. The van der Waals surface area contributed by atoms with Gasteiger partial charge in [-0.3, -0.25) is 4.79 Å². The molecule has 0 radical (unpaired) electrons. The van der Waals surface area contributed by atoms with Crippen LogP contribution in [0.1, 0.15) is 12.5 Å². The molecule has 1 aromatic heterocycles. The van der Waals surface area contributed by atoms with Gasteiger partial charge in [0.1, 0.15) is 11.3 Å². The maximum Gasteiger partial charge on any atom is 0.228 e. The molecule has 0 unspecified atom stereocenters. The summed E-state index contributed by atoms with van der Waals surface area (Å²) in [7, 11) is -1.67. The molecule has 1 N–H and O–H groups in total. The second-order valence-electron chi connectivity index (χ2n) is 5.78. The molecule has 0 aliphatic heterocycles. The van der Waals surface area contributed by atoms with E-state index in [9.17, 15) is 13.2 Å². The number of carbonyl (C=O) groups is 1. The molecule has 2 aromatic carbocycles. The number of nitrogens with one attached hydrogen (secondary N) is 1. The van der Waals surface area contributed by atoms with Crippen molar-refractivity contribution in [1.82, 2.24) is 0 Å². The second kappa shape index (κ2) is 7.21. The topological polar surface area (TPSA) is 85.6 Å². The van der Waals surface area contributed by atoms with Gasteiger partial charge in [-0.2, -0.15) is 0 Å². The molecule has 0 fully saturated rings. The highest BCUT2D eigenvalue weighted by atomic mass is 32.2.